The molecule has 2 N–H and O–H groups in total. The summed E-state index contributed by atoms with van der Waals surface area (Å²) in [6.07, 6.45) is 1.69. The van der Waals surface area contributed by atoms with Crippen LogP contribution in [-0.2, 0) is 0 Å². The lowest BCUT2D eigenvalue weighted by molar-refractivity contribution is 0.954. The van der Waals surface area contributed by atoms with E-state index < -0.39 is 0 Å². The molecule has 0 atom stereocenters. The predicted octanol–water partition coefficient (Wildman–Crippen LogP) is 2.12. The molecule has 0 amide bonds. The Balaban J connectivity index is 2.63. The van der Waals surface area contributed by atoms with E-state index in [1.165, 1.54) is 0 Å². The van der Waals surface area contributed by atoms with Crippen LogP contribution in [0, 0.1) is 13.8 Å². The van der Waals surface area contributed by atoms with Crippen molar-refractivity contribution in [2.75, 3.05) is 5.73 Å². The van der Waals surface area contributed by atoms with Crippen LogP contribution in [0.2, 0.25) is 5.15 Å². The van der Waals surface area contributed by atoms with Gasteiger partial charge in [-0.3, -0.25) is 4.57 Å². The van der Waals surface area contributed by atoms with Gasteiger partial charge in [-0.05, 0) is 26.0 Å². The largest absolute Gasteiger partial charge is 0.396 e. The molecular weight excluding hydrogens is 212 g/mol. The summed E-state index contributed by atoms with van der Waals surface area (Å²) >= 11 is 5.83. The molecule has 2 aromatic rings. The van der Waals surface area contributed by atoms with Gasteiger partial charge < -0.3 is 5.73 Å². The number of aryl methyl sites for hydroxylation is 1. The Kier molecular flexibility index (Phi) is 2.36. The van der Waals surface area contributed by atoms with Crippen molar-refractivity contribution in [3.8, 4) is 5.82 Å². The number of hydrogen-bond donors (Lipinski definition) is 1. The topological polar surface area (TPSA) is 56.7 Å². The zero-order valence-corrected chi connectivity index (χ0v) is 9.28. The van der Waals surface area contributed by atoms with Crippen LogP contribution in [0.4, 0.5) is 5.69 Å². The van der Waals surface area contributed by atoms with E-state index in [2.05, 4.69) is 9.97 Å². The Labute approximate surface area is 92.7 Å². The van der Waals surface area contributed by atoms with Crippen LogP contribution < -0.4 is 5.73 Å². The molecule has 0 aliphatic carbocycles. The molecule has 0 saturated carbocycles. The summed E-state index contributed by atoms with van der Waals surface area (Å²) in [4.78, 5) is 8.37. The van der Waals surface area contributed by atoms with Crippen molar-refractivity contribution < 1.29 is 0 Å². The maximum absolute atomic E-state index is 5.83. The molecule has 0 aliphatic heterocycles. The molecule has 4 nitrogen and oxygen atoms in total. The standard InChI is InChI=1S/C10H11ClN4/c1-6-7(2)15(5-13-6)10-8(12)3-4-9(11)14-10/h3-5H,12H2,1-2H3. The molecule has 2 rings (SSSR count). The van der Waals surface area contributed by atoms with Crippen molar-refractivity contribution in [2.24, 2.45) is 0 Å². The lowest BCUT2D eigenvalue weighted by Gasteiger charge is -2.07. The fourth-order valence-electron chi connectivity index (χ4n) is 1.34. The second kappa shape index (κ2) is 3.55. The molecule has 0 unspecified atom stereocenters. The van der Waals surface area contributed by atoms with E-state index in [0.29, 0.717) is 16.7 Å². The number of pyridine rings is 1. The number of imidazole rings is 1. The third-order valence-corrected chi connectivity index (χ3v) is 2.56. The van der Waals surface area contributed by atoms with Crippen molar-refractivity contribution >= 4 is 17.3 Å². The number of nitrogen functional groups attached to an aromatic ring is 1. The van der Waals surface area contributed by atoms with Gasteiger partial charge in [0.2, 0.25) is 0 Å². The van der Waals surface area contributed by atoms with Crippen LogP contribution in [0.1, 0.15) is 11.4 Å². The molecule has 0 fully saturated rings. The smallest absolute Gasteiger partial charge is 0.163 e. The average molecular weight is 223 g/mol. The van der Waals surface area contributed by atoms with Crippen LogP contribution in [0.5, 0.6) is 0 Å². The fraction of sp³-hybridized carbons (Fsp3) is 0.200. The number of anilines is 1. The molecule has 2 heterocycles. The van der Waals surface area contributed by atoms with E-state index >= 15 is 0 Å². The molecule has 0 aromatic carbocycles. The average Bonchev–Trinajstić information content (AvgIpc) is 2.52. The Morgan fingerprint density at radius 3 is 2.67 bits per heavy atom. The minimum absolute atomic E-state index is 0.421. The summed E-state index contributed by atoms with van der Waals surface area (Å²) in [7, 11) is 0. The maximum Gasteiger partial charge on any atom is 0.163 e. The summed E-state index contributed by atoms with van der Waals surface area (Å²) in [5, 5.41) is 0.421. The zero-order valence-electron chi connectivity index (χ0n) is 8.53. The van der Waals surface area contributed by atoms with Crippen molar-refractivity contribution in [1.29, 1.82) is 0 Å². The number of rotatable bonds is 1. The molecule has 0 spiro atoms. The van der Waals surface area contributed by atoms with Gasteiger partial charge in [0.05, 0.1) is 11.4 Å². The van der Waals surface area contributed by atoms with Gasteiger partial charge in [-0.25, -0.2) is 9.97 Å². The molecule has 5 heteroatoms. The van der Waals surface area contributed by atoms with Gasteiger partial charge >= 0.3 is 0 Å². The van der Waals surface area contributed by atoms with E-state index in [9.17, 15) is 0 Å². The summed E-state index contributed by atoms with van der Waals surface area (Å²) in [5.41, 5.74) is 8.38. The summed E-state index contributed by atoms with van der Waals surface area (Å²) in [6, 6.07) is 3.40. The summed E-state index contributed by atoms with van der Waals surface area (Å²) in [6.45, 7) is 3.90. The number of nitrogens with zero attached hydrogens (tertiary/aromatic N) is 3. The number of nitrogens with two attached hydrogens (primary N) is 1. The number of halogens is 1. The highest BCUT2D eigenvalue weighted by Crippen LogP contribution is 2.20. The van der Waals surface area contributed by atoms with Gasteiger partial charge in [0.1, 0.15) is 11.5 Å². The van der Waals surface area contributed by atoms with Crippen LogP contribution in [-0.4, -0.2) is 14.5 Å². The number of aromatic nitrogens is 3. The zero-order chi connectivity index (χ0) is 11.0. The van der Waals surface area contributed by atoms with Gasteiger partial charge in [-0.1, -0.05) is 11.6 Å². The van der Waals surface area contributed by atoms with Gasteiger partial charge in [0.25, 0.3) is 0 Å². The first kappa shape index (κ1) is 9.98. The highest BCUT2D eigenvalue weighted by molar-refractivity contribution is 6.29. The molecule has 15 heavy (non-hydrogen) atoms. The Bertz CT molecular complexity index is 504. The highest BCUT2D eigenvalue weighted by atomic mass is 35.5. The number of hydrogen-bond acceptors (Lipinski definition) is 3. The van der Waals surface area contributed by atoms with E-state index in [1.54, 1.807) is 18.5 Å². The van der Waals surface area contributed by atoms with E-state index in [0.717, 1.165) is 11.4 Å². The first-order chi connectivity index (χ1) is 7.09. The van der Waals surface area contributed by atoms with Crippen molar-refractivity contribution in [3.05, 3.63) is 35.0 Å². The second-order valence-corrected chi connectivity index (χ2v) is 3.72. The van der Waals surface area contributed by atoms with E-state index in [-0.39, 0.29) is 0 Å². The lowest BCUT2D eigenvalue weighted by Crippen LogP contribution is -2.03. The first-order valence-corrected chi connectivity index (χ1v) is 4.90. The minimum atomic E-state index is 0.421. The van der Waals surface area contributed by atoms with Gasteiger partial charge in [0.15, 0.2) is 5.82 Å². The SMILES string of the molecule is Cc1ncn(-c2nc(Cl)ccc2N)c1C. The Morgan fingerprint density at radius 1 is 1.33 bits per heavy atom. The molecular formula is C10H11ClN4. The van der Waals surface area contributed by atoms with Gasteiger partial charge in [-0.15, -0.1) is 0 Å². The normalized spacial score (nSPS) is 10.6. The van der Waals surface area contributed by atoms with Crippen LogP contribution in [0.3, 0.4) is 0 Å². The van der Waals surface area contributed by atoms with Crippen molar-refractivity contribution in [3.63, 3.8) is 0 Å². The summed E-state index contributed by atoms with van der Waals surface area (Å²) < 4.78 is 1.83. The second-order valence-electron chi connectivity index (χ2n) is 3.33. The maximum atomic E-state index is 5.83. The van der Waals surface area contributed by atoms with Crippen molar-refractivity contribution in [2.45, 2.75) is 13.8 Å². The van der Waals surface area contributed by atoms with Gasteiger partial charge in [-0.2, -0.15) is 0 Å². The Hall–Kier alpha value is -1.55. The van der Waals surface area contributed by atoms with Gasteiger partial charge in [0, 0.05) is 5.69 Å². The van der Waals surface area contributed by atoms with Crippen molar-refractivity contribution in [1.82, 2.24) is 14.5 Å². The third-order valence-electron chi connectivity index (χ3n) is 2.35. The lowest BCUT2D eigenvalue weighted by atomic mass is 10.3. The molecule has 78 valence electrons. The molecule has 0 radical (unpaired) electrons. The highest BCUT2D eigenvalue weighted by Gasteiger charge is 2.09. The molecule has 0 aliphatic rings. The summed E-state index contributed by atoms with van der Waals surface area (Å²) in [5.74, 6) is 0.626. The molecule has 2 aromatic heterocycles. The Morgan fingerprint density at radius 2 is 2.07 bits per heavy atom. The van der Waals surface area contributed by atoms with Crippen LogP contribution >= 0.6 is 11.6 Å². The first-order valence-electron chi connectivity index (χ1n) is 4.52. The van der Waals surface area contributed by atoms with E-state index in [1.807, 2.05) is 18.4 Å². The monoisotopic (exact) mass is 222 g/mol. The predicted molar refractivity (Wildman–Crippen MR) is 60.3 cm³/mol. The quantitative estimate of drug-likeness (QED) is 0.752. The molecule has 0 saturated heterocycles. The van der Waals surface area contributed by atoms with E-state index in [4.69, 9.17) is 17.3 Å². The third kappa shape index (κ3) is 1.68. The van der Waals surface area contributed by atoms with Crippen LogP contribution in [0.25, 0.3) is 5.82 Å². The van der Waals surface area contributed by atoms with Crippen LogP contribution in [0.15, 0.2) is 18.5 Å². The molecule has 0 bridgehead atoms. The fourth-order valence-corrected chi connectivity index (χ4v) is 1.48. The minimum Gasteiger partial charge on any atom is -0.396 e.